The summed E-state index contributed by atoms with van der Waals surface area (Å²) >= 11 is 0. The number of aryl methyl sites for hydroxylation is 3. The number of nitrogens with one attached hydrogen (secondary N) is 3. The highest BCUT2D eigenvalue weighted by Crippen LogP contribution is 2.26. The quantitative estimate of drug-likeness (QED) is 0.231. The summed E-state index contributed by atoms with van der Waals surface area (Å²) in [6.07, 6.45) is -2.18. The monoisotopic (exact) mass is 588 g/mol. The molecule has 6 bridgehead atoms. The lowest BCUT2D eigenvalue weighted by atomic mass is 10.1. The second kappa shape index (κ2) is 11.5. The van der Waals surface area contributed by atoms with E-state index < -0.39 is 73.0 Å². The summed E-state index contributed by atoms with van der Waals surface area (Å²) in [7, 11) is 0. The van der Waals surface area contributed by atoms with Crippen LogP contribution in [0.4, 0.5) is 0 Å². The summed E-state index contributed by atoms with van der Waals surface area (Å²) in [5.41, 5.74) is -1.03. The molecule has 1 aliphatic rings. The van der Waals surface area contributed by atoms with Crippen LogP contribution in [-0.4, -0.2) is 65.9 Å². The standard InChI is InChI=1S/C24H24N6O12/c1-7-16-19(37)25-11(5-14(33)34)23-29-18(9(3)41-23)21(39)27-12(6-15(35)36)24-30-17(8(2)42-24)20(38)26-10(4-13(31)32)22(28-16)40-7/h10-12H,4-6H2,1-3H3,(H,25,37)(H,26,38)(H,27,39)(H,31,32)(H,33,34)(H,35,36)/t10-,11-,12-/m0/s1. The van der Waals surface area contributed by atoms with Crippen molar-refractivity contribution in [3.05, 3.63) is 52.0 Å². The molecular weight excluding hydrogens is 564 g/mol. The maximum Gasteiger partial charge on any atom is 0.305 e. The summed E-state index contributed by atoms with van der Waals surface area (Å²) in [5.74, 6) is -8.23. The molecule has 0 radical (unpaired) electrons. The molecule has 3 amide bonds. The molecule has 18 nitrogen and oxygen atoms in total. The first-order valence-electron chi connectivity index (χ1n) is 12.2. The van der Waals surface area contributed by atoms with Crippen molar-refractivity contribution in [1.82, 2.24) is 30.9 Å². The first-order valence-corrected chi connectivity index (χ1v) is 12.2. The van der Waals surface area contributed by atoms with Crippen molar-refractivity contribution >= 4 is 35.6 Å². The Kier molecular flexibility index (Phi) is 8.07. The van der Waals surface area contributed by atoms with Crippen molar-refractivity contribution in [2.24, 2.45) is 0 Å². The van der Waals surface area contributed by atoms with Crippen LogP contribution < -0.4 is 16.0 Å². The minimum Gasteiger partial charge on any atom is -0.481 e. The average molecular weight is 588 g/mol. The molecule has 42 heavy (non-hydrogen) atoms. The number of aliphatic carboxylic acids is 3. The SMILES string of the molecule is Cc1oc2nc1C(=O)N[C@@H](CC(=O)O)c1nc(c(C)o1)C(=O)N[C@@H](CC(=O)O)c1nc(c(C)o1)C(=O)N[C@H]2CC(=O)O. The normalized spacial score (nSPS) is 19.2. The number of carbonyl (C=O) groups excluding carboxylic acids is 3. The molecule has 0 spiro atoms. The van der Waals surface area contributed by atoms with Crippen LogP contribution >= 0.6 is 0 Å². The molecule has 222 valence electrons. The van der Waals surface area contributed by atoms with Gasteiger partial charge < -0.3 is 44.5 Å². The third-order valence-corrected chi connectivity index (χ3v) is 6.03. The number of carboxylic acids is 3. The fourth-order valence-corrected chi connectivity index (χ4v) is 4.13. The van der Waals surface area contributed by atoms with Crippen LogP contribution in [0.3, 0.4) is 0 Å². The van der Waals surface area contributed by atoms with E-state index in [1.807, 2.05) is 0 Å². The van der Waals surface area contributed by atoms with Crippen molar-refractivity contribution in [2.45, 2.75) is 58.2 Å². The molecule has 18 heteroatoms. The molecular formula is C24H24N6O12. The number of carbonyl (C=O) groups is 6. The maximum atomic E-state index is 13.1. The molecule has 0 saturated heterocycles. The minimum absolute atomic E-state index is 0.0841. The van der Waals surface area contributed by atoms with Gasteiger partial charge in [-0.1, -0.05) is 0 Å². The zero-order valence-electron chi connectivity index (χ0n) is 22.2. The lowest BCUT2D eigenvalue weighted by molar-refractivity contribution is -0.138. The molecule has 0 unspecified atom stereocenters. The molecule has 0 saturated carbocycles. The van der Waals surface area contributed by atoms with Gasteiger partial charge in [0.25, 0.3) is 17.7 Å². The van der Waals surface area contributed by atoms with Gasteiger partial charge in [-0.2, -0.15) is 0 Å². The number of nitrogens with zero attached hydrogens (tertiary/aromatic N) is 3. The van der Waals surface area contributed by atoms with Crippen LogP contribution in [0.15, 0.2) is 13.3 Å². The van der Waals surface area contributed by atoms with Crippen LogP contribution in [0.5, 0.6) is 0 Å². The smallest absolute Gasteiger partial charge is 0.305 e. The maximum absolute atomic E-state index is 13.1. The van der Waals surface area contributed by atoms with E-state index in [4.69, 9.17) is 13.3 Å². The topological polar surface area (TPSA) is 277 Å². The van der Waals surface area contributed by atoms with E-state index in [9.17, 15) is 44.1 Å². The summed E-state index contributed by atoms with van der Waals surface area (Å²) in [6, 6.07) is -4.22. The molecule has 0 aliphatic carbocycles. The van der Waals surface area contributed by atoms with Crippen molar-refractivity contribution in [3.8, 4) is 0 Å². The Morgan fingerprint density at radius 3 is 1.02 bits per heavy atom. The van der Waals surface area contributed by atoms with Gasteiger partial charge in [0.05, 0.1) is 19.3 Å². The van der Waals surface area contributed by atoms with Crippen molar-refractivity contribution in [1.29, 1.82) is 0 Å². The zero-order chi connectivity index (χ0) is 30.9. The summed E-state index contributed by atoms with van der Waals surface area (Å²) < 4.78 is 16.5. The summed E-state index contributed by atoms with van der Waals surface area (Å²) in [4.78, 5) is 86.2. The highest BCUT2D eigenvalue weighted by molar-refractivity contribution is 5.95. The molecule has 3 aromatic rings. The number of amides is 3. The second-order valence-electron chi connectivity index (χ2n) is 9.24. The van der Waals surface area contributed by atoms with Gasteiger partial charge in [-0.3, -0.25) is 28.8 Å². The van der Waals surface area contributed by atoms with E-state index in [1.165, 1.54) is 20.8 Å². The molecule has 6 N–H and O–H groups in total. The van der Waals surface area contributed by atoms with Crippen LogP contribution in [0.2, 0.25) is 0 Å². The number of hydrogen-bond donors (Lipinski definition) is 6. The van der Waals surface area contributed by atoms with Crippen molar-refractivity contribution < 1.29 is 57.3 Å². The van der Waals surface area contributed by atoms with Gasteiger partial charge in [0.15, 0.2) is 17.1 Å². The minimum atomic E-state index is -1.41. The summed E-state index contributed by atoms with van der Waals surface area (Å²) in [6.45, 7) is 4.02. The first-order chi connectivity index (χ1) is 19.7. The van der Waals surface area contributed by atoms with Gasteiger partial charge >= 0.3 is 17.9 Å². The average Bonchev–Trinajstić information content (AvgIpc) is 3.57. The van der Waals surface area contributed by atoms with Gasteiger partial charge in [0, 0.05) is 0 Å². The fourth-order valence-electron chi connectivity index (χ4n) is 4.13. The molecule has 4 heterocycles. The highest BCUT2D eigenvalue weighted by Gasteiger charge is 2.34. The molecule has 3 atom stereocenters. The first kappa shape index (κ1) is 29.4. The predicted octanol–water partition coefficient (Wildman–Crippen LogP) is 0.727. The molecule has 1 aliphatic heterocycles. The van der Waals surface area contributed by atoms with Crippen molar-refractivity contribution in [3.63, 3.8) is 0 Å². The van der Waals surface area contributed by atoms with E-state index >= 15 is 0 Å². The number of aromatic nitrogens is 3. The fraction of sp³-hybridized carbons (Fsp3) is 0.375. The van der Waals surface area contributed by atoms with Gasteiger partial charge in [-0.15, -0.1) is 0 Å². The number of oxazole rings is 3. The molecule has 0 fully saturated rings. The lowest BCUT2D eigenvalue weighted by Gasteiger charge is -2.14. The molecule has 4 rings (SSSR count). The van der Waals surface area contributed by atoms with Crippen LogP contribution in [0.1, 0.15) is 104 Å². The predicted molar refractivity (Wildman–Crippen MR) is 131 cm³/mol. The molecule has 0 aromatic carbocycles. The number of carboxylic acid groups (broad SMARTS) is 3. The number of fused-ring (bicyclic) bond motifs is 6. The summed E-state index contributed by atoms with van der Waals surface area (Å²) in [5, 5.41) is 35.4. The Labute approximate surface area is 234 Å². The van der Waals surface area contributed by atoms with Crippen LogP contribution in [-0.2, 0) is 14.4 Å². The van der Waals surface area contributed by atoms with Crippen molar-refractivity contribution in [2.75, 3.05) is 0 Å². The van der Waals surface area contributed by atoms with Gasteiger partial charge in [0.1, 0.15) is 35.4 Å². The van der Waals surface area contributed by atoms with E-state index in [1.54, 1.807) is 0 Å². The van der Waals surface area contributed by atoms with E-state index in [0.717, 1.165) is 0 Å². The third-order valence-electron chi connectivity index (χ3n) is 6.03. The van der Waals surface area contributed by atoms with E-state index in [0.29, 0.717) is 0 Å². The second-order valence-corrected chi connectivity index (χ2v) is 9.24. The zero-order valence-corrected chi connectivity index (χ0v) is 22.2. The number of rotatable bonds is 6. The number of hydrogen-bond acceptors (Lipinski definition) is 12. The largest absolute Gasteiger partial charge is 0.481 e. The Bertz CT molecular complexity index is 1410. The third kappa shape index (κ3) is 6.26. The molecule has 3 aromatic heterocycles. The van der Waals surface area contributed by atoms with Gasteiger partial charge in [-0.05, 0) is 20.8 Å². The van der Waals surface area contributed by atoms with Gasteiger partial charge in [-0.25, -0.2) is 15.0 Å². The van der Waals surface area contributed by atoms with E-state index in [2.05, 4.69) is 30.9 Å². The Morgan fingerprint density at radius 2 is 0.810 bits per heavy atom. The van der Waals surface area contributed by atoms with E-state index in [-0.39, 0.29) is 52.0 Å². The lowest BCUT2D eigenvalue weighted by Crippen LogP contribution is -2.33. The van der Waals surface area contributed by atoms with Crippen LogP contribution in [0, 0.1) is 20.8 Å². The van der Waals surface area contributed by atoms with Crippen LogP contribution in [0.25, 0.3) is 0 Å². The Morgan fingerprint density at radius 1 is 0.571 bits per heavy atom. The Hall–Kier alpha value is -5.55. The van der Waals surface area contributed by atoms with Gasteiger partial charge in [0.2, 0.25) is 17.7 Å². The Balaban J connectivity index is 1.87. The highest BCUT2D eigenvalue weighted by atomic mass is 16.4.